The monoisotopic (exact) mass is 233 g/mol. The lowest BCUT2D eigenvalue weighted by molar-refractivity contribution is 0.148. The number of aromatic nitrogens is 2. The molecule has 0 saturated heterocycles. The van der Waals surface area contributed by atoms with E-state index < -0.39 is 6.09 Å². The molecule has 0 unspecified atom stereocenters. The van der Waals surface area contributed by atoms with Crippen LogP contribution in [0.1, 0.15) is 5.69 Å². The number of carbonyl (C=O) groups excluding carboxylic acids is 1. The first-order chi connectivity index (χ1) is 5.59. The zero-order valence-corrected chi connectivity index (χ0v) is 8.04. The maximum absolute atomic E-state index is 10.2. The number of hydrogen-bond acceptors (Lipinski definition) is 3. The number of aryl methyl sites for hydroxylation is 1. The van der Waals surface area contributed by atoms with Gasteiger partial charge in [-0.25, -0.2) is 4.79 Å². The molecular weight excluding hydrogens is 226 g/mol. The van der Waals surface area contributed by atoms with Crippen molar-refractivity contribution < 1.29 is 9.53 Å². The van der Waals surface area contributed by atoms with Gasteiger partial charge in [0.15, 0.2) is 0 Å². The molecule has 66 valence electrons. The molecule has 12 heavy (non-hydrogen) atoms. The third-order valence-corrected chi connectivity index (χ3v) is 1.98. The Kier molecular flexibility index (Phi) is 2.69. The SMILES string of the molecule is Cn1nc(COC(N)=O)cc1Br. The van der Waals surface area contributed by atoms with E-state index >= 15 is 0 Å². The first-order valence-electron chi connectivity index (χ1n) is 3.20. The minimum Gasteiger partial charge on any atom is -0.443 e. The van der Waals surface area contributed by atoms with Crippen LogP contribution in [0.25, 0.3) is 0 Å². The smallest absolute Gasteiger partial charge is 0.404 e. The van der Waals surface area contributed by atoms with Crippen molar-refractivity contribution in [3.05, 3.63) is 16.4 Å². The summed E-state index contributed by atoms with van der Waals surface area (Å²) in [4.78, 5) is 10.2. The molecule has 5 nitrogen and oxygen atoms in total. The minimum atomic E-state index is -0.795. The Morgan fingerprint density at radius 2 is 2.58 bits per heavy atom. The van der Waals surface area contributed by atoms with Crippen LogP contribution in [-0.2, 0) is 18.4 Å². The number of carbonyl (C=O) groups is 1. The Hall–Kier alpha value is -1.04. The summed E-state index contributed by atoms with van der Waals surface area (Å²) in [6, 6.07) is 1.75. The highest BCUT2D eigenvalue weighted by molar-refractivity contribution is 9.10. The Balaban J connectivity index is 2.58. The van der Waals surface area contributed by atoms with Gasteiger partial charge in [0.25, 0.3) is 0 Å². The summed E-state index contributed by atoms with van der Waals surface area (Å²) in [5, 5.41) is 4.02. The molecule has 0 aliphatic heterocycles. The summed E-state index contributed by atoms with van der Waals surface area (Å²) in [5.41, 5.74) is 5.43. The number of ether oxygens (including phenoxy) is 1. The van der Waals surface area contributed by atoms with E-state index in [1.165, 1.54) is 0 Å². The molecule has 2 N–H and O–H groups in total. The molecule has 6 heteroatoms. The van der Waals surface area contributed by atoms with E-state index in [4.69, 9.17) is 5.73 Å². The van der Waals surface area contributed by atoms with Gasteiger partial charge in [0.1, 0.15) is 16.9 Å². The fraction of sp³-hybridized carbons (Fsp3) is 0.333. The molecule has 0 aliphatic carbocycles. The van der Waals surface area contributed by atoms with E-state index in [1.54, 1.807) is 17.8 Å². The van der Waals surface area contributed by atoms with Crippen molar-refractivity contribution in [2.45, 2.75) is 6.61 Å². The molecule has 0 atom stereocenters. The maximum Gasteiger partial charge on any atom is 0.404 e. The van der Waals surface area contributed by atoms with Crippen LogP contribution in [0.5, 0.6) is 0 Å². The average Bonchev–Trinajstić information content (AvgIpc) is 2.28. The van der Waals surface area contributed by atoms with Gasteiger partial charge < -0.3 is 10.5 Å². The lowest BCUT2D eigenvalue weighted by atomic mass is 10.5. The summed E-state index contributed by atoms with van der Waals surface area (Å²) in [6.45, 7) is 0.106. The third-order valence-electron chi connectivity index (χ3n) is 1.24. The van der Waals surface area contributed by atoms with Gasteiger partial charge in [0, 0.05) is 7.05 Å². The zero-order chi connectivity index (χ0) is 9.14. The van der Waals surface area contributed by atoms with Crippen molar-refractivity contribution in [1.29, 1.82) is 0 Å². The van der Waals surface area contributed by atoms with E-state index in [2.05, 4.69) is 25.8 Å². The van der Waals surface area contributed by atoms with Crippen molar-refractivity contribution in [2.24, 2.45) is 12.8 Å². The van der Waals surface area contributed by atoms with E-state index in [0.29, 0.717) is 5.69 Å². The van der Waals surface area contributed by atoms with Crippen LogP contribution in [0.4, 0.5) is 4.79 Å². The summed E-state index contributed by atoms with van der Waals surface area (Å²) in [6.07, 6.45) is -0.795. The number of nitrogens with zero attached hydrogens (tertiary/aromatic N) is 2. The lowest BCUT2D eigenvalue weighted by Crippen LogP contribution is -2.12. The van der Waals surface area contributed by atoms with E-state index in [-0.39, 0.29) is 6.61 Å². The van der Waals surface area contributed by atoms with Crippen molar-refractivity contribution in [3.8, 4) is 0 Å². The second-order valence-corrected chi connectivity index (χ2v) is 3.00. The second kappa shape index (κ2) is 3.57. The first kappa shape index (κ1) is 9.05. The average molecular weight is 234 g/mol. The van der Waals surface area contributed by atoms with Crippen LogP contribution in [0.3, 0.4) is 0 Å². The second-order valence-electron chi connectivity index (χ2n) is 2.19. The number of primary amides is 1. The molecule has 1 aromatic rings. The standard InChI is InChI=1S/C6H8BrN3O2/c1-10-5(7)2-4(9-10)3-12-6(8)11/h2H,3H2,1H3,(H2,8,11). The van der Waals surface area contributed by atoms with Crippen molar-refractivity contribution in [3.63, 3.8) is 0 Å². The molecule has 1 aromatic heterocycles. The Morgan fingerprint density at radius 1 is 1.92 bits per heavy atom. The molecule has 0 bridgehead atoms. The molecular formula is C6H8BrN3O2. The molecule has 1 rings (SSSR count). The quantitative estimate of drug-likeness (QED) is 0.821. The predicted molar refractivity (Wildman–Crippen MR) is 45.3 cm³/mol. The first-order valence-corrected chi connectivity index (χ1v) is 3.99. The van der Waals surface area contributed by atoms with Crippen LogP contribution in [0.15, 0.2) is 10.7 Å². The largest absolute Gasteiger partial charge is 0.443 e. The summed E-state index contributed by atoms with van der Waals surface area (Å²) >= 11 is 3.25. The van der Waals surface area contributed by atoms with E-state index in [1.807, 2.05) is 0 Å². The number of halogens is 1. The van der Waals surface area contributed by atoms with Gasteiger partial charge in [-0.3, -0.25) is 4.68 Å². The van der Waals surface area contributed by atoms with Crippen LogP contribution < -0.4 is 5.73 Å². The zero-order valence-electron chi connectivity index (χ0n) is 6.45. The maximum atomic E-state index is 10.2. The van der Waals surface area contributed by atoms with Crippen LogP contribution in [0.2, 0.25) is 0 Å². The molecule has 0 spiro atoms. The van der Waals surface area contributed by atoms with Gasteiger partial charge in [0.2, 0.25) is 0 Å². The molecule has 1 amide bonds. The molecule has 0 aromatic carbocycles. The van der Waals surface area contributed by atoms with Gasteiger partial charge >= 0.3 is 6.09 Å². The van der Waals surface area contributed by atoms with Gasteiger partial charge in [0.05, 0.1) is 0 Å². The molecule has 0 aliphatic rings. The van der Waals surface area contributed by atoms with Crippen LogP contribution >= 0.6 is 15.9 Å². The van der Waals surface area contributed by atoms with Crippen molar-refractivity contribution >= 4 is 22.0 Å². The van der Waals surface area contributed by atoms with E-state index in [0.717, 1.165) is 4.60 Å². The van der Waals surface area contributed by atoms with Gasteiger partial charge in [-0.2, -0.15) is 5.10 Å². The predicted octanol–water partition coefficient (Wildman–Crippen LogP) is 0.778. The highest BCUT2D eigenvalue weighted by Gasteiger charge is 2.03. The minimum absolute atomic E-state index is 0.106. The highest BCUT2D eigenvalue weighted by atomic mass is 79.9. The normalized spacial score (nSPS) is 9.83. The fourth-order valence-corrected chi connectivity index (χ4v) is 1.06. The summed E-state index contributed by atoms with van der Waals surface area (Å²) in [5.74, 6) is 0. The number of nitrogens with two attached hydrogens (primary N) is 1. The summed E-state index contributed by atoms with van der Waals surface area (Å²) in [7, 11) is 1.78. The van der Waals surface area contributed by atoms with Gasteiger partial charge in [-0.15, -0.1) is 0 Å². The Bertz CT molecular complexity index is 277. The van der Waals surface area contributed by atoms with E-state index in [9.17, 15) is 4.79 Å². The van der Waals surface area contributed by atoms with Crippen LogP contribution in [-0.4, -0.2) is 15.9 Å². The molecule has 0 fully saturated rings. The number of hydrogen-bond donors (Lipinski definition) is 1. The van der Waals surface area contributed by atoms with Crippen molar-refractivity contribution in [2.75, 3.05) is 0 Å². The fourth-order valence-electron chi connectivity index (χ4n) is 0.716. The molecule has 1 heterocycles. The van der Waals surface area contributed by atoms with Gasteiger partial charge in [-0.1, -0.05) is 0 Å². The molecule has 0 saturated carbocycles. The number of rotatable bonds is 2. The molecule has 0 radical (unpaired) electrons. The summed E-state index contributed by atoms with van der Waals surface area (Å²) < 4.78 is 6.99. The third kappa shape index (κ3) is 2.23. The lowest BCUT2D eigenvalue weighted by Gasteiger charge is -1.95. The highest BCUT2D eigenvalue weighted by Crippen LogP contribution is 2.10. The Morgan fingerprint density at radius 3 is 3.00 bits per heavy atom. The Labute approximate surface area is 77.6 Å². The van der Waals surface area contributed by atoms with Crippen molar-refractivity contribution in [1.82, 2.24) is 9.78 Å². The van der Waals surface area contributed by atoms with Gasteiger partial charge in [-0.05, 0) is 22.0 Å². The topological polar surface area (TPSA) is 70.1 Å². The van der Waals surface area contributed by atoms with Crippen LogP contribution in [0, 0.1) is 0 Å². The number of amides is 1.